The molecule has 1 saturated carbocycles. The Morgan fingerprint density at radius 2 is 2.09 bits per heavy atom. The molecule has 0 bridgehead atoms. The standard InChI is InChI=1S/C14H15ClN2O3S2/c15-10-1-2-12-9(5-10)6-13(21-12)14(18)17-11-3-8(4-11)7-22(16,19)20/h1-2,5-6,8,11H,3-4,7H2,(H,17,18)(H2,16,19,20). The third-order valence-corrected chi connectivity index (χ3v) is 6.03. The number of sulfonamides is 1. The van der Waals surface area contributed by atoms with Crippen LogP contribution in [0.4, 0.5) is 0 Å². The minimum atomic E-state index is -3.43. The number of fused-ring (bicyclic) bond motifs is 1. The normalized spacial score (nSPS) is 21.5. The zero-order valence-corrected chi connectivity index (χ0v) is 14.0. The zero-order valence-electron chi connectivity index (χ0n) is 11.6. The maximum atomic E-state index is 12.2. The molecule has 3 rings (SSSR count). The highest BCUT2D eigenvalue weighted by atomic mass is 35.5. The van der Waals surface area contributed by atoms with Gasteiger partial charge in [0.1, 0.15) is 0 Å². The number of carbonyl (C=O) groups excluding carboxylic acids is 1. The van der Waals surface area contributed by atoms with Crippen LogP contribution < -0.4 is 10.5 Å². The van der Waals surface area contributed by atoms with E-state index < -0.39 is 10.0 Å². The van der Waals surface area contributed by atoms with Crippen molar-refractivity contribution in [3.05, 3.63) is 34.2 Å². The first-order valence-corrected chi connectivity index (χ1v) is 9.71. The van der Waals surface area contributed by atoms with Crippen molar-refractivity contribution in [2.24, 2.45) is 11.1 Å². The van der Waals surface area contributed by atoms with Crippen LogP contribution in [0.1, 0.15) is 22.5 Å². The molecule has 0 spiro atoms. The molecular weight excluding hydrogens is 344 g/mol. The van der Waals surface area contributed by atoms with E-state index in [1.165, 1.54) is 11.3 Å². The molecule has 1 amide bonds. The van der Waals surface area contributed by atoms with Gasteiger partial charge in [-0.15, -0.1) is 11.3 Å². The number of nitrogens with two attached hydrogens (primary N) is 1. The summed E-state index contributed by atoms with van der Waals surface area (Å²) in [5.74, 6) is -0.0984. The Morgan fingerprint density at radius 1 is 1.36 bits per heavy atom. The first kappa shape index (κ1) is 15.7. The fraction of sp³-hybridized carbons (Fsp3) is 0.357. The van der Waals surface area contributed by atoms with E-state index in [0.29, 0.717) is 22.7 Å². The molecule has 1 aliphatic carbocycles. The molecule has 22 heavy (non-hydrogen) atoms. The summed E-state index contributed by atoms with van der Waals surface area (Å²) in [5.41, 5.74) is 0. The monoisotopic (exact) mass is 358 g/mol. The summed E-state index contributed by atoms with van der Waals surface area (Å²) in [5, 5.41) is 9.53. The maximum Gasteiger partial charge on any atom is 0.261 e. The summed E-state index contributed by atoms with van der Waals surface area (Å²) < 4.78 is 23.0. The number of benzene rings is 1. The lowest BCUT2D eigenvalue weighted by Gasteiger charge is -2.35. The average molecular weight is 359 g/mol. The highest BCUT2D eigenvalue weighted by Crippen LogP contribution is 2.31. The van der Waals surface area contributed by atoms with Crippen molar-refractivity contribution < 1.29 is 13.2 Å². The van der Waals surface area contributed by atoms with Crippen molar-refractivity contribution in [3.63, 3.8) is 0 Å². The Morgan fingerprint density at radius 3 is 2.77 bits per heavy atom. The predicted octanol–water partition coefficient (Wildman–Crippen LogP) is 2.35. The number of nitrogens with one attached hydrogen (secondary N) is 1. The molecule has 1 fully saturated rings. The molecule has 1 aliphatic rings. The topological polar surface area (TPSA) is 89.3 Å². The van der Waals surface area contributed by atoms with Gasteiger partial charge in [-0.05, 0) is 48.4 Å². The van der Waals surface area contributed by atoms with Crippen LogP contribution in [0.15, 0.2) is 24.3 Å². The van der Waals surface area contributed by atoms with E-state index in [1.54, 1.807) is 6.07 Å². The lowest BCUT2D eigenvalue weighted by molar-refractivity contribution is 0.0901. The summed E-state index contributed by atoms with van der Waals surface area (Å²) in [6, 6.07) is 7.36. The largest absolute Gasteiger partial charge is 0.349 e. The summed E-state index contributed by atoms with van der Waals surface area (Å²) in [7, 11) is -3.43. The average Bonchev–Trinajstić information content (AvgIpc) is 2.77. The van der Waals surface area contributed by atoms with E-state index in [2.05, 4.69) is 5.32 Å². The van der Waals surface area contributed by atoms with Crippen molar-refractivity contribution in [2.45, 2.75) is 18.9 Å². The maximum absolute atomic E-state index is 12.2. The molecule has 3 N–H and O–H groups in total. The number of thiophene rings is 1. The minimum absolute atomic E-state index is 0.0131. The second kappa shape index (κ2) is 5.81. The number of primary sulfonamides is 1. The van der Waals surface area contributed by atoms with Crippen LogP contribution in [0.2, 0.25) is 5.02 Å². The van der Waals surface area contributed by atoms with Gasteiger partial charge in [-0.25, -0.2) is 13.6 Å². The first-order chi connectivity index (χ1) is 10.3. The smallest absolute Gasteiger partial charge is 0.261 e. The van der Waals surface area contributed by atoms with E-state index in [4.69, 9.17) is 16.7 Å². The number of rotatable bonds is 4. The van der Waals surface area contributed by atoms with Gasteiger partial charge in [-0.3, -0.25) is 4.79 Å². The number of amides is 1. The van der Waals surface area contributed by atoms with Gasteiger partial charge in [0.25, 0.3) is 5.91 Å². The Balaban J connectivity index is 1.60. The van der Waals surface area contributed by atoms with Crippen molar-refractivity contribution in [1.82, 2.24) is 5.32 Å². The predicted molar refractivity (Wildman–Crippen MR) is 88.8 cm³/mol. The van der Waals surface area contributed by atoms with Crippen LogP contribution in [0, 0.1) is 5.92 Å². The number of halogens is 1. The third kappa shape index (κ3) is 3.60. The number of hydrogen-bond acceptors (Lipinski definition) is 4. The van der Waals surface area contributed by atoms with E-state index in [9.17, 15) is 13.2 Å². The van der Waals surface area contributed by atoms with Crippen LogP contribution >= 0.6 is 22.9 Å². The van der Waals surface area contributed by atoms with Gasteiger partial charge in [0.05, 0.1) is 10.6 Å². The first-order valence-electron chi connectivity index (χ1n) is 6.80. The van der Waals surface area contributed by atoms with Gasteiger partial charge in [0, 0.05) is 15.8 Å². The van der Waals surface area contributed by atoms with Gasteiger partial charge in [0.2, 0.25) is 10.0 Å². The van der Waals surface area contributed by atoms with Gasteiger partial charge in [-0.1, -0.05) is 11.6 Å². The second-order valence-corrected chi connectivity index (χ2v) is 8.81. The lowest BCUT2D eigenvalue weighted by atomic mass is 9.81. The SMILES string of the molecule is NS(=O)(=O)CC1CC(NC(=O)c2cc3cc(Cl)ccc3s2)C1. The molecule has 0 unspecified atom stereocenters. The summed E-state index contributed by atoms with van der Waals surface area (Å²) in [6.07, 6.45) is 1.30. The van der Waals surface area contributed by atoms with Crippen LogP contribution in [0.3, 0.4) is 0 Å². The Labute approximate surface area is 137 Å². The Bertz CT molecular complexity index is 826. The van der Waals surface area contributed by atoms with Crippen molar-refractivity contribution >= 4 is 49.0 Å². The van der Waals surface area contributed by atoms with Crippen molar-refractivity contribution in [1.29, 1.82) is 0 Å². The molecule has 0 radical (unpaired) electrons. The van der Waals surface area contributed by atoms with E-state index >= 15 is 0 Å². The fourth-order valence-electron chi connectivity index (χ4n) is 2.70. The quantitative estimate of drug-likeness (QED) is 0.879. The molecule has 0 saturated heterocycles. The van der Waals surface area contributed by atoms with E-state index in [-0.39, 0.29) is 23.6 Å². The molecule has 0 aliphatic heterocycles. The number of hydrogen-bond donors (Lipinski definition) is 2. The van der Waals surface area contributed by atoms with Gasteiger partial charge >= 0.3 is 0 Å². The van der Waals surface area contributed by atoms with Crippen LogP contribution in [0.25, 0.3) is 10.1 Å². The Kier molecular flexibility index (Phi) is 4.15. The van der Waals surface area contributed by atoms with E-state index in [0.717, 1.165) is 10.1 Å². The number of carbonyl (C=O) groups is 1. The van der Waals surface area contributed by atoms with Gasteiger partial charge in [0.15, 0.2) is 0 Å². The second-order valence-electron chi connectivity index (χ2n) is 5.63. The minimum Gasteiger partial charge on any atom is -0.349 e. The van der Waals surface area contributed by atoms with Crippen LogP contribution in [0.5, 0.6) is 0 Å². The summed E-state index contributed by atoms with van der Waals surface area (Å²) in [4.78, 5) is 12.8. The zero-order chi connectivity index (χ0) is 15.9. The van der Waals surface area contributed by atoms with Crippen molar-refractivity contribution in [3.8, 4) is 0 Å². The van der Waals surface area contributed by atoms with Gasteiger partial charge < -0.3 is 5.32 Å². The molecule has 0 atom stereocenters. The molecule has 5 nitrogen and oxygen atoms in total. The summed E-state index contributed by atoms with van der Waals surface area (Å²) in [6.45, 7) is 0. The van der Waals surface area contributed by atoms with Gasteiger partial charge in [-0.2, -0.15) is 0 Å². The summed E-state index contributed by atoms with van der Waals surface area (Å²) >= 11 is 7.35. The fourth-order valence-corrected chi connectivity index (χ4v) is 4.76. The molecular formula is C14H15ClN2O3S2. The molecule has 118 valence electrons. The third-order valence-electron chi connectivity index (χ3n) is 3.74. The lowest BCUT2D eigenvalue weighted by Crippen LogP contribution is -2.46. The van der Waals surface area contributed by atoms with Crippen molar-refractivity contribution in [2.75, 3.05) is 5.75 Å². The highest BCUT2D eigenvalue weighted by Gasteiger charge is 2.33. The highest BCUT2D eigenvalue weighted by molar-refractivity contribution is 7.89. The molecule has 2 aromatic rings. The van der Waals surface area contributed by atoms with Crippen LogP contribution in [-0.4, -0.2) is 26.1 Å². The van der Waals surface area contributed by atoms with Crippen LogP contribution in [-0.2, 0) is 10.0 Å². The molecule has 1 heterocycles. The molecule has 8 heteroatoms. The molecule has 1 aromatic heterocycles. The Hall–Kier alpha value is -1.15. The molecule has 1 aromatic carbocycles. The van der Waals surface area contributed by atoms with E-state index in [1.807, 2.05) is 18.2 Å².